The first-order valence-corrected chi connectivity index (χ1v) is 7.33. The fourth-order valence-corrected chi connectivity index (χ4v) is 2.98. The number of rotatable bonds is 2. The van der Waals surface area contributed by atoms with Crippen LogP contribution in [0, 0.1) is 13.8 Å². The van der Waals surface area contributed by atoms with Gasteiger partial charge in [0.15, 0.2) is 0 Å². The standard InChI is InChI=1S/C18H22N2/c1-13-5-6-15(10-14(13)2)12-20-9-3-4-16-11-17(19)7-8-18(16)20/h5-8,10-11H,3-4,9,12,19H2,1-2H3. The topological polar surface area (TPSA) is 29.3 Å². The Labute approximate surface area is 121 Å². The lowest BCUT2D eigenvalue weighted by Crippen LogP contribution is -2.28. The molecule has 0 amide bonds. The molecule has 20 heavy (non-hydrogen) atoms. The summed E-state index contributed by atoms with van der Waals surface area (Å²) in [6.07, 6.45) is 2.35. The second kappa shape index (κ2) is 5.20. The monoisotopic (exact) mass is 266 g/mol. The average molecular weight is 266 g/mol. The van der Waals surface area contributed by atoms with Crippen LogP contribution in [-0.4, -0.2) is 6.54 Å². The average Bonchev–Trinajstić information content (AvgIpc) is 2.43. The van der Waals surface area contributed by atoms with E-state index in [-0.39, 0.29) is 0 Å². The Balaban J connectivity index is 1.87. The molecule has 0 saturated carbocycles. The second-order valence-corrected chi connectivity index (χ2v) is 5.83. The lowest BCUT2D eigenvalue weighted by atomic mass is 9.99. The summed E-state index contributed by atoms with van der Waals surface area (Å²) in [7, 11) is 0. The summed E-state index contributed by atoms with van der Waals surface area (Å²) in [5, 5.41) is 0. The number of hydrogen-bond donors (Lipinski definition) is 1. The smallest absolute Gasteiger partial charge is 0.0429 e. The van der Waals surface area contributed by atoms with Gasteiger partial charge in [0.05, 0.1) is 0 Å². The van der Waals surface area contributed by atoms with Gasteiger partial charge >= 0.3 is 0 Å². The van der Waals surface area contributed by atoms with Crippen molar-refractivity contribution in [2.45, 2.75) is 33.2 Å². The van der Waals surface area contributed by atoms with E-state index in [0.29, 0.717) is 0 Å². The van der Waals surface area contributed by atoms with E-state index in [9.17, 15) is 0 Å². The highest BCUT2D eigenvalue weighted by Gasteiger charge is 2.17. The van der Waals surface area contributed by atoms with E-state index < -0.39 is 0 Å². The maximum Gasteiger partial charge on any atom is 0.0429 e. The number of anilines is 2. The van der Waals surface area contributed by atoms with Crippen molar-refractivity contribution in [2.24, 2.45) is 0 Å². The Morgan fingerprint density at radius 1 is 1.05 bits per heavy atom. The van der Waals surface area contributed by atoms with Crippen LogP contribution in [0.15, 0.2) is 36.4 Å². The number of benzene rings is 2. The van der Waals surface area contributed by atoms with Crippen LogP contribution in [0.25, 0.3) is 0 Å². The van der Waals surface area contributed by atoms with Gasteiger partial charge in [0.25, 0.3) is 0 Å². The van der Waals surface area contributed by atoms with Crippen molar-refractivity contribution in [3.05, 3.63) is 58.7 Å². The normalized spacial score (nSPS) is 14.2. The summed E-state index contributed by atoms with van der Waals surface area (Å²) in [6.45, 7) is 6.46. The molecule has 0 atom stereocenters. The summed E-state index contributed by atoms with van der Waals surface area (Å²) >= 11 is 0. The van der Waals surface area contributed by atoms with Gasteiger partial charge in [-0.15, -0.1) is 0 Å². The van der Waals surface area contributed by atoms with Crippen LogP contribution in [0.4, 0.5) is 11.4 Å². The molecule has 1 aliphatic heterocycles. The first-order valence-electron chi connectivity index (χ1n) is 7.33. The van der Waals surface area contributed by atoms with Crippen molar-refractivity contribution >= 4 is 11.4 Å². The number of hydrogen-bond acceptors (Lipinski definition) is 2. The predicted octanol–water partition coefficient (Wildman–Crippen LogP) is 3.84. The lowest BCUT2D eigenvalue weighted by molar-refractivity contribution is 0.691. The van der Waals surface area contributed by atoms with Crippen molar-refractivity contribution in [3.63, 3.8) is 0 Å². The molecule has 0 radical (unpaired) electrons. The van der Waals surface area contributed by atoms with Gasteiger partial charge < -0.3 is 10.6 Å². The summed E-state index contributed by atoms with van der Waals surface area (Å²) in [4.78, 5) is 2.47. The molecule has 2 heteroatoms. The van der Waals surface area contributed by atoms with Gasteiger partial charge in [0, 0.05) is 24.5 Å². The molecule has 1 aliphatic rings. The van der Waals surface area contributed by atoms with Crippen molar-refractivity contribution in [3.8, 4) is 0 Å². The molecule has 104 valence electrons. The molecule has 0 fully saturated rings. The van der Waals surface area contributed by atoms with E-state index in [4.69, 9.17) is 5.73 Å². The van der Waals surface area contributed by atoms with Crippen LogP contribution in [0.5, 0.6) is 0 Å². The number of fused-ring (bicyclic) bond motifs is 1. The SMILES string of the molecule is Cc1ccc(CN2CCCc3cc(N)ccc32)cc1C. The molecule has 0 aromatic heterocycles. The zero-order valence-corrected chi connectivity index (χ0v) is 12.3. The molecule has 3 rings (SSSR count). The Kier molecular flexibility index (Phi) is 3.39. The molecular formula is C18H22N2. The van der Waals surface area contributed by atoms with Crippen molar-refractivity contribution < 1.29 is 0 Å². The van der Waals surface area contributed by atoms with Gasteiger partial charge in [-0.05, 0) is 67.1 Å². The molecule has 0 bridgehead atoms. The van der Waals surface area contributed by atoms with Crippen molar-refractivity contribution in [1.82, 2.24) is 0 Å². The maximum absolute atomic E-state index is 5.90. The van der Waals surface area contributed by atoms with E-state index >= 15 is 0 Å². The molecule has 2 aromatic carbocycles. The first kappa shape index (κ1) is 13.0. The van der Waals surface area contributed by atoms with E-state index in [2.05, 4.69) is 49.1 Å². The van der Waals surface area contributed by atoms with Crippen LogP contribution in [-0.2, 0) is 13.0 Å². The highest BCUT2D eigenvalue weighted by atomic mass is 15.1. The van der Waals surface area contributed by atoms with Gasteiger partial charge in [-0.2, -0.15) is 0 Å². The van der Waals surface area contributed by atoms with Crippen LogP contribution >= 0.6 is 0 Å². The molecule has 2 N–H and O–H groups in total. The molecule has 0 spiro atoms. The Hall–Kier alpha value is -1.96. The van der Waals surface area contributed by atoms with Crippen LogP contribution < -0.4 is 10.6 Å². The van der Waals surface area contributed by atoms with Gasteiger partial charge in [0.1, 0.15) is 0 Å². The first-order chi connectivity index (χ1) is 9.63. The number of aryl methyl sites for hydroxylation is 3. The third-order valence-corrected chi connectivity index (χ3v) is 4.26. The lowest BCUT2D eigenvalue weighted by Gasteiger charge is -2.31. The van der Waals surface area contributed by atoms with E-state index in [0.717, 1.165) is 25.2 Å². The van der Waals surface area contributed by atoms with E-state index in [1.165, 1.54) is 34.4 Å². The molecule has 0 aliphatic carbocycles. The van der Waals surface area contributed by atoms with Gasteiger partial charge in [-0.1, -0.05) is 18.2 Å². The quantitative estimate of drug-likeness (QED) is 0.837. The van der Waals surface area contributed by atoms with Gasteiger partial charge in [-0.25, -0.2) is 0 Å². The minimum Gasteiger partial charge on any atom is -0.399 e. The summed E-state index contributed by atoms with van der Waals surface area (Å²) < 4.78 is 0. The van der Waals surface area contributed by atoms with Crippen molar-refractivity contribution in [1.29, 1.82) is 0 Å². The highest BCUT2D eigenvalue weighted by molar-refractivity contribution is 5.61. The second-order valence-electron chi connectivity index (χ2n) is 5.83. The zero-order valence-electron chi connectivity index (χ0n) is 12.3. The minimum absolute atomic E-state index is 0.872. The fourth-order valence-electron chi connectivity index (χ4n) is 2.98. The highest BCUT2D eigenvalue weighted by Crippen LogP contribution is 2.30. The minimum atomic E-state index is 0.872. The van der Waals surface area contributed by atoms with Gasteiger partial charge in [0.2, 0.25) is 0 Å². The van der Waals surface area contributed by atoms with E-state index in [1.54, 1.807) is 0 Å². The number of nitrogen functional groups attached to an aromatic ring is 1. The Morgan fingerprint density at radius 2 is 1.90 bits per heavy atom. The maximum atomic E-state index is 5.90. The summed E-state index contributed by atoms with van der Waals surface area (Å²) in [6, 6.07) is 13.1. The summed E-state index contributed by atoms with van der Waals surface area (Å²) in [5.41, 5.74) is 13.6. The third kappa shape index (κ3) is 2.51. The largest absolute Gasteiger partial charge is 0.399 e. The molecule has 2 nitrogen and oxygen atoms in total. The van der Waals surface area contributed by atoms with Crippen LogP contribution in [0.2, 0.25) is 0 Å². The Bertz CT molecular complexity index is 631. The number of nitrogens with zero attached hydrogens (tertiary/aromatic N) is 1. The predicted molar refractivity (Wildman–Crippen MR) is 86.1 cm³/mol. The molecule has 0 saturated heterocycles. The molecule has 1 heterocycles. The summed E-state index contributed by atoms with van der Waals surface area (Å²) in [5.74, 6) is 0. The van der Waals surface area contributed by atoms with E-state index in [1.807, 2.05) is 6.07 Å². The molecular weight excluding hydrogens is 244 g/mol. The number of nitrogens with two attached hydrogens (primary N) is 1. The van der Waals surface area contributed by atoms with Gasteiger partial charge in [-0.3, -0.25) is 0 Å². The van der Waals surface area contributed by atoms with Crippen LogP contribution in [0.3, 0.4) is 0 Å². The fraction of sp³-hybridized carbons (Fsp3) is 0.333. The van der Waals surface area contributed by atoms with Crippen LogP contribution in [0.1, 0.15) is 28.7 Å². The Morgan fingerprint density at radius 3 is 2.70 bits per heavy atom. The molecule has 0 unspecified atom stereocenters. The molecule has 2 aromatic rings. The van der Waals surface area contributed by atoms with Crippen molar-refractivity contribution in [2.75, 3.05) is 17.2 Å². The third-order valence-electron chi connectivity index (χ3n) is 4.26. The zero-order chi connectivity index (χ0) is 14.1.